The molecule has 4 heterocycles. The number of amides is 2. The molecular weight excluding hydrogens is 701 g/mol. The Bertz CT molecular complexity index is 1900. The average molecular weight is 747 g/mol. The summed E-state index contributed by atoms with van der Waals surface area (Å²) in [6.45, 7) is 7.90. The quantitative estimate of drug-likeness (QED) is 0.154. The molecule has 2 fully saturated rings. The molecule has 0 radical (unpaired) electrons. The maximum atomic E-state index is 11.7. The molecule has 2 aromatic heterocycles. The van der Waals surface area contributed by atoms with Crippen molar-refractivity contribution in [3.63, 3.8) is 0 Å². The van der Waals surface area contributed by atoms with Crippen molar-refractivity contribution in [1.29, 1.82) is 0 Å². The van der Waals surface area contributed by atoms with Crippen molar-refractivity contribution >= 4 is 35.0 Å². The van der Waals surface area contributed by atoms with E-state index in [0.717, 1.165) is 84.7 Å². The van der Waals surface area contributed by atoms with E-state index in [1.54, 1.807) is 27.3 Å². The predicted octanol–water partition coefficient (Wildman–Crippen LogP) is 5.42. The number of hydrogen-bond donors (Lipinski definition) is 3. The number of piperazine rings is 1. The third-order valence-corrected chi connectivity index (χ3v) is 10.5. The molecule has 0 bridgehead atoms. The van der Waals surface area contributed by atoms with Gasteiger partial charge in [0.1, 0.15) is 5.75 Å². The van der Waals surface area contributed by atoms with Gasteiger partial charge in [-0.05, 0) is 31.0 Å². The van der Waals surface area contributed by atoms with Crippen LogP contribution in [0, 0.1) is 0 Å². The zero-order chi connectivity index (χ0) is 36.6. The van der Waals surface area contributed by atoms with Crippen LogP contribution in [-0.2, 0) is 22.7 Å². The lowest BCUT2D eigenvalue weighted by Gasteiger charge is -2.31. The van der Waals surface area contributed by atoms with Gasteiger partial charge in [-0.3, -0.25) is 19.5 Å². The van der Waals surface area contributed by atoms with E-state index in [-0.39, 0.29) is 11.8 Å². The van der Waals surface area contributed by atoms with Gasteiger partial charge in [-0.15, -0.1) is 0 Å². The van der Waals surface area contributed by atoms with Crippen LogP contribution in [0.3, 0.4) is 0 Å². The number of nitrogens with one attached hydrogen (secondary N) is 3. The van der Waals surface area contributed by atoms with Crippen LogP contribution in [0.15, 0.2) is 60.8 Å². The van der Waals surface area contributed by atoms with E-state index in [4.69, 9.17) is 37.7 Å². The fraction of sp³-hybridized carbons (Fsp3) is 0.385. The molecule has 0 aliphatic carbocycles. The molecule has 52 heavy (non-hydrogen) atoms. The lowest BCUT2D eigenvalue weighted by atomic mass is 9.99. The molecule has 2 amide bonds. The number of piperidine rings is 1. The number of rotatable bonds is 13. The predicted molar refractivity (Wildman–Crippen MR) is 205 cm³/mol. The molecule has 13 heteroatoms. The molecule has 0 saturated carbocycles. The number of methoxy groups -OCH3 is 2. The van der Waals surface area contributed by atoms with Crippen molar-refractivity contribution in [2.45, 2.75) is 38.9 Å². The summed E-state index contributed by atoms with van der Waals surface area (Å²) in [5, 5.41) is 10.9. The van der Waals surface area contributed by atoms with Gasteiger partial charge in [0.25, 0.3) is 0 Å². The highest BCUT2D eigenvalue weighted by atomic mass is 35.5. The number of halogens is 2. The number of nitrogens with zero attached hydrogens (tertiary/aromatic N) is 4. The lowest BCUT2D eigenvalue weighted by Crippen LogP contribution is -2.49. The van der Waals surface area contributed by atoms with Crippen LogP contribution in [-0.4, -0.2) is 97.7 Å². The summed E-state index contributed by atoms with van der Waals surface area (Å²) in [6.07, 6.45) is 3.55. The minimum absolute atomic E-state index is 0.0714. The van der Waals surface area contributed by atoms with Gasteiger partial charge in [0.2, 0.25) is 17.7 Å². The fourth-order valence-electron chi connectivity index (χ4n) is 6.75. The summed E-state index contributed by atoms with van der Waals surface area (Å²) in [5.74, 6) is 1.45. The molecule has 274 valence electrons. The number of pyridine rings is 2. The standard InChI is InChI=1S/C39H45Cl2N7O4/c1-25(49)48-17-12-29(13-18-48)45-23-28-9-10-33(46-39(28)52-3)32-6-4-5-30(36(32)40)31-11-14-44-38(37(31)41)26-7-8-27(34(21-26)51-2)22-42-15-19-47-20-16-43-35(50)24-47/h4-11,14,21,29,42,45H,12-13,15-20,22-24H2,1-3H3,(H,43,50). The van der Waals surface area contributed by atoms with Gasteiger partial charge in [-0.2, -0.15) is 0 Å². The second kappa shape index (κ2) is 17.5. The Morgan fingerprint density at radius 2 is 1.71 bits per heavy atom. The molecule has 2 saturated heterocycles. The summed E-state index contributed by atoms with van der Waals surface area (Å²) < 4.78 is 11.5. The maximum Gasteiger partial charge on any atom is 0.234 e. The Morgan fingerprint density at radius 1 is 0.942 bits per heavy atom. The van der Waals surface area contributed by atoms with Crippen LogP contribution < -0.4 is 25.4 Å². The van der Waals surface area contributed by atoms with Crippen molar-refractivity contribution in [2.24, 2.45) is 0 Å². The molecule has 2 aliphatic heterocycles. The second-order valence-corrected chi connectivity index (χ2v) is 13.8. The molecule has 0 unspecified atom stereocenters. The number of ether oxygens (including phenoxy) is 2. The minimum Gasteiger partial charge on any atom is -0.496 e. The topological polar surface area (TPSA) is 121 Å². The van der Waals surface area contributed by atoms with Gasteiger partial charge in [0.15, 0.2) is 0 Å². The van der Waals surface area contributed by atoms with Crippen LogP contribution >= 0.6 is 23.2 Å². The number of carbonyl (C=O) groups excluding carboxylic acids is 2. The summed E-state index contributed by atoms with van der Waals surface area (Å²) in [6, 6.07) is 17.9. The van der Waals surface area contributed by atoms with Crippen molar-refractivity contribution in [3.8, 4) is 45.3 Å². The molecule has 6 rings (SSSR count). The Morgan fingerprint density at radius 3 is 2.46 bits per heavy atom. The second-order valence-electron chi connectivity index (χ2n) is 13.0. The van der Waals surface area contributed by atoms with Gasteiger partial charge in [0, 0.05) is 105 Å². The molecule has 2 aliphatic rings. The van der Waals surface area contributed by atoms with Crippen molar-refractivity contribution in [1.82, 2.24) is 35.7 Å². The Balaban J connectivity index is 1.16. The number of likely N-dealkylation sites (tertiary alicyclic amines) is 1. The first kappa shape index (κ1) is 37.5. The van der Waals surface area contributed by atoms with E-state index in [2.05, 4.69) is 25.8 Å². The highest BCUT2D eigenvalue weighted by Crippen LogP contribution is 2.42. The molecule has 3 N–H and O–H groups in total. The average Bonchev–Trinajstić information content (AvgIpc) is 3.16. The van der Waals surface area contributed by atoms with Crippen molar-refractivity contribution in [2.75, 3.05) is 60.0 Å². The first-order valence-electron chi connectivity index (χ1n) is 17.6. The van der Waals surface area contributed by atoms with E-state index < -0.39 is 0 Å². The van der Waals surface area contributed by atoms with Gasteiger partial charge in [-0.25, -0.2) is 4.98 Å². The first-order chi connectivity index (χ1) is 25.2. The summed E-state index contributed by atoms with van der Waals surface area (Å²) in [5.41, 5.74) is 6.33. The van der Waals surface area contributed by atoms with E-state index in [0.29, 0.717) is 59.5 Å². The highest BCUT2D eigenvalue weighted by molar-refractivity contribution is 6.39. The Kier molecular flexibility index (Phi) is 12.6. The largest absolute Gasteiger partial charge is 0.496 e. The Labute approximate surface area is 315 Å². The van der Waals surface area contributed by atoms with Gasteiger partial charge >= 0.3 is 0 Å². The lowest BCUT2D eigenvalue weighted by molar-refractivity contribution is -0.130. The van der Waals surface area contributed by atoms with Gasteiger partial charge < -0.3 is 30.3 Å². The molecule has 11 nitrogen and oxygen atoms in total. The fourth-order valence-corrected chi connectivity index (χ4v) is 7.40. The third kappa shape index (κ3) is 8.85. The molecular formula is C39H45Cl2N7O4. The summed E-state index contributed by atoms with van der Waals surface area (Å²) in [4.78, 5) is 36.9. The van der Waals surface area contributed by atoms with E-state index >= 15 is 0 Å². The first-order valence-corrected chi connectivity index (χ1v) is 18.3. The zero-order valence-electron chi connectivity index (χ0n) is 29.8. The molecule has 4 aromatic rings. The smallest absolute Gasteiger partial charge is 0.234 e. The van der Waals surface area contributed by atoms with E-state index in [9.17, 15) is 9.59 Å². The van der Waals surface area contributed by atoms with E-state index in [1.165, 1.54) is 0 Å². The zero-order valence-corrected chi connectivity index (χ0v) is 31.3. The van der Waals surface area contributed by atoms with Crippen LogP contribution in [0.4, 0.5) is 0 Å². The van der Waals surface area contributed by atoms with Crippen LogP contribution in [0.25, 0.3) is 33.6 Å². The summed E-state index contributed by atoms with van der Waals surface area (Å²) in [7, 11) is 3.27. The number of hydrogen-bond acceptors (Lipinski definition) is 9. The van der Waals surface area contributed by atoms with Crippen molar-refractivity contribution < 1.29 is 19.1 Å². The highest BCUT2D eigenvalue weighted by Gasteiger charge is 2.22. The molecule has 2 aromatic carbocycles. The van der Waals surface area contributed by atoms with Crippen LogP contribution in [0.2, 0.25) is 10.0 Å². The van der Waals surface area contributed by atoms with Crippen LogP contribution in [0.1, 0.15) is 30.9 Å². The minimum atomic E-state index is 0.0714. The number of carbonyl (C=O) groups is 2. The van der Waals surface area contributed by atoms with Crippen molar-refractivity contribution in [3.05, 3.63) is 82.0 Å². The Hall–Kier alpha value is -4.26. The van der Waals surface area contributed by atoms with Gasteiger partial charge in [0.05, 0.1) is 42.2 Å². The number of benzene rings is 2. The maximum absolute atomic E-state index is 11.7. The SMILES string of the molecule is COc1cc(-c2nccc(-c3cccc(-c4ccc(CNC5CCN(C(C)=O)CC5)c(OC)n4)c3Cl)c2Cl)ccc1CNCCN1CCNC(=O)C1. The number of aromatic nitrogens is 2. The third-order valence-electron chi connectivity index (χ3n) is 9.71. The monoisotopic (exact) mass is 745 g/mol. The molecule has 0 atom stereocenters. The molecule has 0 spiro atoms. The summed E-state index contributed by atoms with van der Waals surface area (Å²) >= 11 is 14.2. The normalized spacial score (nSPS) is 15.4. The van der Waals surface area contributed by atoms with Gasteiger partial charge in [-0.1, -0.05) is 59.6 Å². The van der Waals surface area contributed by atoms with E-state index in [1.807, 2.05) is 59.5 Å². The van der Waals surface area contributed by atoms with Crippen LogP contribution in [0.5, 0.6) is 11.6 Å².